The van der Waals surface area contributed by atoms with Gasteiger partial charge >= 0.3 is 0 Å². The average Bonchev–Trinajstić information content (AvgIpc) is 2.32. The Morgan fingerprint density at radius 3 is 2.33 bits per heavy atom. The summed E-state index contributed by atoms with van der Waals surface area (Å²) >= 11 is 0. The van der Waals surface area contributed by atoms with Crippen molar-refractivity contribution in [2.75, 3.05) is 0 Å². The summed E-state index contributed by atoms with van der Waals surface area (Å²) in [7, 11) is 0. The van der Waals surface area contributed by atoms with Gasteiger partial charge in [0.1, 0.15) is 0 Å². The Balaban J connectivity index is 2.94. The van der Waals surface area contributed by atoms with Crippen LogP contribution in [0.4, 0.5) is 0 Å². The number of hydrogen-bond donors (Lipinski definition) is 0. The fourth-order valence-electron chi connectivity index (χ4n) is 1.64. The number of terminal acetylenes is 1. The molecule has 0 aliphatic carbocycles. The summed E-state index contributed by atoms with van der Waals surface area (Å²) in [4.78, 5) is 0. The molecule has 1 atom stereocenters. The van der Waals surface area contributed by atoms with Gasteiger partial charge in [0.15, 0.2) is 0 Å². The maximum Gasteiger partial charge on any atom is 0.0416 e. The maximum absolute atomic E-state index is 5.27. The van der Waals surface area contributed by atoms with Crippen LogP contribution in [0.25, 0.3) is 0 Å². The smallest absolute Gasteiger partial charge is 0.0416 e. The number of aromatic nitrogens is 1. The highest BCUT2D eigenvalue weighted by molar-refractivity contribution is 5.15. The van der Waals surface area contributed by atoms with Gasteiger partial charge in [-0.3, -0.25) is 0 Å². The lowest BCUT2D eigenvalue weighted by Crippen LogP contribution is -2.07. The minimum atomic E-state index is 0.421. The zero-order valence-corrected chi connectivity index (χ0v) is 7.96. The van der Waals surface area contributed by atoms with Gasteiger partial charge in [-0.25, -0.2) is 0 Å². The molecule has 0 saturated carbocycles. The Kier molecular flexibility index (Phi) is 2.60. The van der Waals surface area contributed by atoms with Crippen molar-refractivity contribution < 1.29 is 0 Å². The van der Waals surface area contributed by atoms with Gasteiger partial charge in [-0.2, -0.15) is 0 Å². The van der Waals surface area contributed by atoms with Gasteiger partial charge in [0.05, 0.1) is 0 Å². The van der Waals surface area contributed by atoms with E-state index >= 15 is 0 Å². The summed E-state index contributed by atoms with van der Waals surface area (Å²) in [5.74, 6) is 2.69. The molecule has 12 heavy (non-hydrogen) atoms. The van der Waals surface area contributed by atoms with Gasteiger partial charge in [-0.05, 0) is 32.9 Å². The van der Waals surface area contributed by atoms with Crippen LogP contribution in [0.2, 0.25) is 0 Å². The molecule has 0 aliphatic heterocycles. The molecular formula is C11H15N. The highest BCUT2D eigenvalue weighted by atomic mass is 15.0. The summed E-state index contributed by atoms with van der Waals surface area (Å²) in [6.07, 6.45) is 6.07. The van der Waals surface area contributed by atoms with Gasteiger partial charge in [0, 0.05) is 23.9 Å². The first-order valence-corrected chi connectivity index (χ1v) is 4.24. The van der Waals surface area contributed by atoms with E-state index in [0.717, 1.165) is 6.42 Å². The normalized spacial score (nSPS) is 12.5. The van der Waals surface area contributed by atoms with Crippen LogP contribution >= 0.6 is 0 Å². The number of rotatable bonds is 2. The highest BCUT2D eigenvalue weighted by Gasteiger charge is 2.06. The Morgan fingerprint density at radius 1 is 1.42 bits per heavy atom. The Morgan fingerprint density at radius 2 is 1.92 bits per heavy atom. The Hall–Kier alpha value is -1.16. The third-order valence-corrected chi connectivity index (χ3v) is 2.18. The zero-order valence-electron chi connectivity index (χ0n) is 7.96. The molecule has 0 radical (unpaired) electrons. The van der Waals surface area contributed by atoms with Crippen LogP contribution < -0.4 is 0 Å². The van der Waals surface area contributed by atoms with E-state index in [0.29, 0.717) is 6.04 Å². The van der Waals surface area contributed by atoms with Crippen LogP contribution in [0.3, 0.4) is 0 Å². The van der Waals surface area contributed by atoms with Gasteiger partial charge in [0.2, 0.25) is 0 Å². The summed E-state index contributed by atoms with van der Waals surface area (Å²) in [5.41, 5.74) is 2.57. The van der Waals surface area contributed by atoms with E-state index < -0.39 is 0 Å². The van der Waals surface area contributed by atoms with Gasteiger partial charge in [-0.1, -0.05) is 0 Å². The largest absolute Gasteiger partial charge is 0.346 e. The quantitative estimate of drug-likeness (QED) is 0.588. The number of hydrogen-bond acceptors (Lipinski definition) is 0. The first kappa shape index (κ1) is 8.93. The number of aryl methyl sites for hydroxylation is 2. The fraction of sp³-hybridized carbons (Fsp3) is 0.455. The van der Waals surface area contributed by atoms with Crippen molar-refractivity contribution in [2.24, 2.45) is 0 Å². The molecule has 1 rings (SSSR count). The lowest BCUT2D eigenvalue weighted by molar-refractivity contribution is 0.540. The maximum atomic E-state index is 5.27. The molecular weight excluding hydrogens is 146 g/mol. The zero-order chi connectivity index (χ0) is 9.14. The summed E-state index contributed by atoms with van der Waals surface area (Å²) < 4.78 is 2.28. The monoisotopic (exact) mass is 161 g/mol. The van der Waals surface area contributed by atoms with E-state index in [1.54, 1.807) is 0 Å². The topological polar surface area (TPSA) is 4.93 Å². The van der Waals surface area contributed by atoms with E-state index in [-0.39, 0.29) is 0 Å². The molecule has 1 heterocycles. The third kappa shape index (κ3) is 1.53. The standard InChI is InChI=1S/C11H15N/c1-5-6-9(2)12-10(3)7-8-11(12)4/h1,7-9H,6H2,2-4H3. The first-order valence-electron chi connectivity index (χ1n) is 4.24. The van der Waals surface area contributed by atoms with Crippen molar-refractivity contribution in [3.8, 4) is 12.3 Å². The van der Waals surface area contributed by atoms with Crippen molar-refractivity contribution in [1.29, 1.82) is 0 Å². The summed E-state index contributed by atoms with van der Waals surface area (Å²) in [6.45, 7) is 6.37. The second kappa shape index (κ2) is 3.49. The molecule has 0 N–H and O–H groups in total. The van der Waals surface area contributed by atoms with Crippen LogP contribution in [0.15, 0.2) is 12.1 Å². The molecule has 1 unspecified atom stereocenters. The van der Waals surface area contributed by atoms with Crippen LogP contribution in [0.5, 0.6) is 0 Å². The molecule has 0 bridgehead atoms. The van der Waals surface area contributed by atoms with Crippen molar-refractivity contribution in [2.45, 2.75) is 33.2 Å². The SMILES string of the molecule is C#CCC(C)n1c(C)ccc1C. The second-order valence-electron chi connectivity index (χ2n) is 3.24. The molecule has 0 aliphatic rings. The number of nitrogens with zero attached hydrogens (tertiary/aromatic N) is 1. The molecule has 64 valence electrons. The van der Waals surface area contributed by atoms with E-state index in [9.17, 15) is 0 Å². The van der Waals surface area contributed by atoms with Gasteiger partial charge < -0.3 is 4.57 Å². The molecule has 1 heteroatoms. The summed E-state index contributed by atoms with van der Waals surface area (Å²) in [5, 5.41) is 0. The minimum absolute atomic E-state index is 0.421. The molecule has 0 saturated heterocycles. The molecule has 0 aromatic carbocycles. The molecule has 0 spiro atoms. The van der Waals surface area contributed by atoms with Crippen molar-refractivity contribution in [3.05, 3.63) is 23.5 Å². The second-order valence-corrected chi connectivity index (χ2v) is 3.24. The predicted molar refractivity (Wildman–Crippen MR) is 52.1 cm³/mol. The van der Waals surface area contributed by atoms with E-state index in [2.05, 4.69) is 43.4 Å². The van der Waals surface area contributed by atoms with Crippen LogP contribution in [-0.2, 0) is 0 Å². The Bertz CT molecular complexity index is 282. The van der Waals surface area contributed by atoms with Crippen LogP contribution in [-0.4, -0.2) is 4.57 Å². The molecule has 0 amide bonds. The first-order chi connectivity index (χ1) is 5.66. The third-order valence-electron chi connectivity index (χ3n) is 2.18. The van der Waals surface area contributed by atoms with Gasteiger partial charge in [-0.15, -0.1) is 12.3 Å². The average molecular weight is 161 g/mol. The summed E-state index contributed by atoms with van der Waals surface area (Å²) in [6, 6.07) is 4.68. The van der Waals surface area contributed by atoms with Crippen molar-refractivity contribution >= 4 is 0 Å². The highest BCUT2D eigenvalue weighted by Crippen LogP contribution is 2.17. The van der Waals surface area contributed by atoms with E-state index in [1.807, 2.05) is 0 Å². The van der Waals surface area contributed by atoms with Gasteiger partial charge in [0.25, 0.3) is 0 Å². The van der Waals surface area contributed by atoms with Crippen molar-refractivity contribution in [3.63, 3.8) is 0 Å². The minimum Gasteiger partial charge on any atom is -0.346 e. The predicted octanol–water partition coefficient (Wildman–Crippen LogP) is 2.69. The fourth-order valence-corrected chi connectivity index (χ4v) is 1.64. The van der Waals surface area contributed by atoms with E-state index in [4.69, 9.17) is 6.42 Å². The van der Waals surface area contributed by atoms with Crippen LogP contribution in [0, 0.1) is 26.2 Å². The molecule has 1 aromatic heterocycles. The lowest BCUT2D eigenvalue weighted by atomic mass is 10.2. The molecule has 0 fully saturated rings. The van der Waals surface area contributed by atoms with Crippen molar-refractivity contribution in [1.82, 2.24) is 4.57 Å². The van der Waals surface area contributed by atoms with Crippen LogP contribution in [0.1, 0.15) is 30.8 Å². The molecule has 1 aromatic rings. The lowest BCUT2D eigenvalue weighted by Gasteiger charge is -2.15. The van der Waals surface area contributed by atoms with E-state index in [1.165, 1.54) is 11.4 Å². The molecule has 1 nitrogen and oxygen atoms in total. The Labute approximate surface area is 74.4 Å².